The number of rotatable bonds is 7. The minimum Gasteiger partial charge on any atom is -0.465 e. The van der Waals surface area contributed by atoms with Gasteiger partial charge in [0.1, 0.15) is 29.4 Å². The second-order valence-corrected chi connectivity index (χ2v) is 15.1. The summed E-state index contributed by atoms with van der Waals surface area (Å²) in [7, 11) is 0. The van der Waals surface area contributed by atoms with E-state index in [9.17, 15) is 28.8 Å². The number of nitrogens with zero attached hydrogens (tertiary/aromatic N) is 5. The van der Waals surface area contributed by atoms with Crippen LogP contribution in [0.1, 0.15) is 103 Å². The summed E-state index contributed by atoms with van der Waals surface area (Å²) in [5, 5.41) is 7.14. The third kappa shape index (κ3) is 12.2. The van der Waals surface area contributed by atoms with E-state index in [1.54, 1.807) is 87.3 Å². The molecule has 0 fully saturated rings. The summed E-state index contributed by atoms with van der Waals surface area (Å²) in [6, 6.07) is 4.64. The van der Waals surface area contributed by atoms with Crippen LogP contribution in [0.15, 0.2) is 35.5 Å². The lowest BCUT2D eigenvalue weighted by Gasteiger charge is -2.29. The third-order valence-corrected chi connectivity index (χ3v) is 6.89. The van der Waals surface area contributed by atoms with Gasteiger partial charge in [0, 0.05) is 42.4 Å². The number of benzene rings is 1. The van der Waals surface area contributed by atoms with Crippen molar-refractivity contribution >= 4 is 41.9 Å². The predicted octanol–water partition coefficient (Wildman–Crippen LogP) is 5.00. The van der Waals surface area contributed by atoms with Crippen LogP contribution >= 0.6 is 0 Å². The molecule has 16 nitrogen and oxygen atoms in total. The molecule has 284 valence electrons. The number of aliphatic imine (C=N–C) groups is 1. The number of nitrogens with one attached hydrogen (secondary N) is 1. The lowest BCUT2D eigenvalue weighted by molar-refractivity contribution is -0.144. The van der Waals surface area contributed by atoms with Gasteiger partial charge in [-0.05, 0) is 88.3 Å². The Morgan fingerprint density at radius 2 is 1.40 bits per heavy atom. The van der Waals surface area contributed by atoms with Crippen molar-refractivity contribution in [3.05, 3.63) is 52.8 Å². The van der Waals surface area contributed by atoms with Crippen molar-refractivity contribution in [3.63, 3.8) is 0 Å². The minimum absolute atomic E-state index is 0.0333. The fourth-order valence-corrected chi connectivity index (χ4v) is 4.84. The van der Waals surface area contributed by atoms with Gasteiger partial charge in [0.25, 0.3) is 5.91 Å². The van der Waals surface area contributed by atoms with Gasteiger partial charge in [0.05, 0.1) is 12.3 Å². The maximum atomic E-state index is 13.4. The van der Waals surface area contributed by atoms with Crippen LogP contribution in [-0.2, 0) is 48.0 Å². The monoisotopic (exact) mass is 726 g/mol. The van der Waals surface area contributed by atoms with E-state index >= 15 is 0 Å². The van der Waals surface area contributed by atoms with Crippen LogP contribution in [0.4, 0.5) is 14.4 Å². The molecule has 1 N–H and O–H groups in total. The van der Waals surface area contributed by atoms with Gasteiger partial charge in [-0.25, -0.2) is 14.4 Å². The molecule has 1 aliphatic rings. The first kappa shape index (κ1) is 41.1. The standard InChI is InChI=1S/C36H50N6O10/c1-12-49-27(43)21-41-20-25-19-40(18-17-26(25)39-41)30(45)22(2)37-29(44)24-15-13-23(14-16-24)28(38-31(46)50-34(3,4)5)42(32(47)51-35(6,7)8)33(48)52-36(9,10)11/h13-16,20,22H,12,17-19,21H2,1-11H3,(H,37,44)/b38-28+/t22-/m0/s1. The van der Waals surface area contributed by atoms with Crippen molar-refractivity contribution < 1.29 is 47.7 Å². The molecule has 2 aromatic rings. The number of hydrogen-bond donors (Lipinski definition) is 1. The van der Waals surface area contributed by atoms with Crippen LogP contribution < -0.4 is 5.32 Å². The molecule has 1 aromatic carbocycles. The Morgan fingerprint density at radius 1 is 0.865 bits per heavy atom. The third-order valence-electron chi connectivity index (χ3n) is 6.89. The van der Waals surface area contributed by atoms with E-state index in [1.807, 2.05) is 0 Å². The van der Waals surface area contributed by atoms with Crippen LogP contribution in [-0.4, -0.2) is 97.5 Å². The molecule has 1 aliphatic heterocycles. The fourth-order valence-electron chi connectivity index (χ4n) is 4.84. The van der Waals surface area contributed by atoms with Crippen molar-refractivity contribution in [3.8, 4) is 0 Å². The van der Waals surface area contributed by atoms with E-state index in [0.29, 0.717) is 17.9 Å². The van der Waals surface area contributed by atoms with E-state index in [-0.39, 0.29) is 36.7 Å². The van der Waals surface area contributed by atoms with Crippen molar-refractivity contribution in [2.24, 2.45) is 4.99 Å². The number of hydrogen-bond acceptors (Lipinski definition) is 11. The summed E-state index contributed by atoms with van der Waals surface area (Å²) >= 11 is 0. The highest BCUT2D eigenvalue weighted by atomic mass is 16.6. The summed E-state index contributed by atoms with van der Waals surface area (Å²) in [5.74, 6) is -1.75. The molecule has 2 heterocycles. The predicted molar refractivity (Wildman–Crippen MR) is 188 cm³/mol. The molecule has 0 unspecified atom stereocenters. The number of carbonyl (C=O) groups excluding carboxylic acids is 6. The Kier molecular flexibility index (Phi) is 13.0. The topological polar surface area (TPSA) is 188 Å². The van der Waals surface area contributed by atoms with Crippen molar-refractivity contribution in [2.45, 2.75) is 119 Å². The highest BCUT2D eigenvalue weighted by molar-refractivity contribution is 6.18. The van der Waals surface area contributed by atoms with Gasteiger partial charge in [-0.2, -0.15) is 15.0 Å². The molecule has 16 heteroatoms. The molecule has 0 saturated carbocycles. The second-order valence-electron chi connectivity index (χ2n) is 15.1. The highest BCUT2D eigenvalue weighted by Gasteiger charge is 2.37. The lowest BCUT2D eigenvalue weighted by Crippen LogP contribution is -2.48. The molecule has 0 spiro atoms. The molecule has 0 bridgehead atoms. The van der Waals surface area contributed by atoms with Crippen LogP contribution in [0.5, 0.6) is 0 Å². The number of imide groups is 1. The first-order valence-electron chi connectivity index (χ1n) is 16.9. The van der Waals surface area contributed by atoms with E-state index in [2.05, 4.69) is 15.4 Å². The molecule has 52 heavy (non-hydrogen) atoms. The highest BCUT2D eigenvalue weighted by Crippen LogP contribution is 2.21. The molecule has 3 rings (SSSR count). The summed E-state index contributed by atoms with van der Waals surface area (Å²) < 4.78 is 22.8. The largest absolute Gasteiger partial charge is 0.465 e. The number of esters is 1. The quantitative estimate of drug-likeness (QED) is 0.175. The van der Waals surface area contributed by atoms with Crippen LogP contribution in [0, 0.1) is 0 Å². The molecule has 0 radical (unpaired) electrons. The smallest absolute Gasteiger partial charge is 0.436 e. The van der Waals surface area contributed by atoms with Gasteiger partial charge < -0.3 is 29.2 Å². The Hall–Kier alpha value is -5.28. The molecular weight excluding hydrogens is 676 g/mol. The normalized spacial score (nSPS) is 14.1. The van der Waals surface area contributed by atoms with Crippen LogP contribution in [0.2, 0.25) is 0 Å². The maximum absolute atomic E-state index is 13.4. The summed E-state index contributed by atoms with van der Waals surface area (Å²) in [5.41, 5.74) is -1.21. The van der Waals surface area contributed by atoms with Crippen LogP contribution in [0.3, 0.4) is 0 Å². The van der Waals surface area contributed by atoms with E-state index in [0.717, 1.165) is 11.3 Å². The summed E-state index contributed by atoms with van der Waals surface area (Å²) in [6.07, 6.45) is -1.21. The number of carbonyl (C=O) groups is 6. The van der Waals surface area contributed by atoms with Gasteiger partial charge in [-0.3, -0.25) is 19.1 Å². The Labute approximate surface area is 303 Å². The zero-order valence-corrected chi connectivity index (χ0v) is 31.8. The van der Waals surface area contributed by atoms with Gasteiger partial charge in [-0.1, -0.05) is 12.1 Å². The van der Waals surface area contributed by atoms with Gasteiger partial charge in [0.2, 0.25) is 5.91 Å². The van der Waals surface area contributed by atoms with Crippen molar-refractivity contribution in [2.75, 3.05) is 13.2 Å². The lowest BCUT2D eigenvalue weighted by atomic mass is 10.1. The fraction of sp³-hybridized carbons (Fsp3) is 0.556. The Morgan fingerprint density at radius 3 is 1.92 bits per heavy atom. The van der Waals surface area contributed by atoms with Crippen molar-refractivity contribution in [1.29, 1.82) is 0 Å². The number of ether oxygens (including phenoxy) is 4. The molecule has 5 amide bonds. The van der Waals surface area contributed by atoms with Gasteiger partial charge in [0.15, 0.2) is 5.84 Å². The Balaban J connectivity index is 1.84. The Bertz CT molecular complexity index is 1670. The zero-order valence-electron chi connectivity index (χ0n) is 31.8. The number of amidine groups is 1. The number of aromatic nitrogens is 2. The average molecular weight is 727 g/mol. The maximum Gasteiger partial charge on any atom is 0.436 e. The first-order chi connectivity index (χ1) is 24.0. The van der Waals surface area contributed by atoms with Gasteiger partial charge in [-0.15, -0.1) is 0 Å². The van der Waals surface area contributed by atoms with E-state index in [4.69, 9.17) is 18.9 Å². The molecular formula is C36H50N6O10. The zero-order chi connectivity index (χ0) is 39.2. The molecule has 0 saturated heterocycles. The minimum atomic E-state index is -1.16. The number of fused-ring (bicyclic) bond motifs is 1. The van der Waals surface area contributed by atoms with Crippen LogP contribution in [0.25, 0.3) is 0 Å². The molecule has 0 aliphatic carbocycles. The average Bonchev–Trinajstić information content (AvgIpc) is 3.39. The summed E-state index contributed by atoms with van der Waals surface area (Å²) in [6.45, 7) is 18.7. The van der Waals surface area contributed by atoms with E-state index in [1.165, 1.54) is 28.9 Å². The SMILES string of the molecule is CCOC(=O)Cn1cc2c(n1)CCN(C(=O)[C@H](C)NC(=O)c1ccc(/C(=N\C(=O)OC(C)(C)C)N(C(=O)OC(C)(C)C)C(=O)OC(C)(C)C)cc1)C2. The first-order valence-corrected chi connectivity index (χ1v) is 16.9. The van der Waals surface area contributed by atoms with E-state index < -0.39 is 58.8 Å². The van der Waals surface area contributed by atoms with Gasteiger partial charge >= 0.3 is 24.2 Å². The molecule has 1 aromatic heterocycles. The number of amides is 5. The van der Waals surface area contributed by atoms with Crippen molar-refractivity contribution in [1.82, 2.24) is 24.9 Å². The summed E-state index contributed by atoms with van der Waals surface area (Å²) in [4.78, 5) is 84.4. The molecule has 1 atom stereocenters. The second kappa shape index (κ2) is 16.4.